The van der Waals surface area contributed by atoms with Gasteiger partial charge in [0, 0.05) is 11.9 Å². The molecule has 2 aromatic carbocycles. The molecule has 0 radical (unpaired) electrons. The quantitative estimate of drug-likeness (QED) is 0.700. The molecular weight excluding hydrogens is 350 g/mol. The Kier molecular flexibility index (Phi) is 4.91. The summed E-state index contributed by atoms with van der Waals surface area (Å²) in [5.41, 5.74) is 0.684. The summed E-state index contributed by atoms with van der Waals surface area (Å²) in [6.07, 6.45) is -0.713. The lowest BCUT2D eigenvalue weighted by Crippen LogP contribution is -2.26. The summed E-state index contributed by atoms with van der Waals surface area (Å²) in [5.74, 6) is 0.410. The number of halogens is 1. The summed E-state index contributed by atoms with van der Waals surface area (Å²) >= 11 is 5.91. The van der Waals surface area contributed by atoms with E-state index in [4.69, 9.17) is 16.0 Å². The SMILES string of the molecule is O=S(=O)(NCC[C@@H](O)c1cc2ccccc2o1)c1ccccc1Cl. The zero-order valence-electron chi connectivity index (χ0n) is 12.6. The fraction of sp³-hybridized carbons (Fsp3) is 0.176. The van der Waals surface area contributed by atoms with Gasteiger partial charge in [0.05, 0.1) is 5.02 Å². The van der Waals surface area contributed by atoms with E-state index in [1.165, 1.54) is 12.1 Å². The van der Waals surface area contributed by atoms with Crippen LogP contribution in [0.25, 0.3) is 11.0 Å². The summed E-state index contributed by atoms with van der Waals surface area (Å²) in [5, 5.41) is 11.2. The topological polar surface area (TPSA) is 79.5 Å². The van der Waals surface area contributed by atoms with E-state index < -0.39 is 16.1 Å². The molecule has 0 unspecified atom stereocenters. The zero-order chi connectivity index (χ0) is 17.2. The van der Waals surface area contributed by atoms with Gasteiger partial charge in [-0.3, -0.25) is 0 Å². The van der Waals surface area contributed by atoms with E-state index in [0.717, 1.165) is 5.39 Å². The third-order valence-corrected chi connectivity index (χ3v) is 5.57. The van der Waals surface area contributed by atoms with Crippen LogP contribution in [0.15, 0.2) is 63.9 Å². The molecule has 0 spiro atoms. The van der Waals surface area contributed by atoms with E-state index in [-0.39, 0.29) is 22.9 Å². The van der Waals surface area contributed by atoms with Crippen molar-refractivity contribution in [2.45, 2.75) is 17.4 Å². The third kappa shape index (κ3) is 3.62. The van der Waals surface area contributed by atoms with Gasteiger partial charge in [-0.15, -0.1) is 0 Å². The highest BCUT2D eigenvalue weighted by molar-refractivity contribution is 7.89. The molecule has 5 nitrogen and oxygen atoms in total. The van der Waals surface area contributed by atoms with Gasteiger partial charge in [-0.1, -0.05) is 41.9 Å². The van der Waals surface area contributed by atoms with Gasteiger partial charge >= 0.3 is 0 Å². The number of aliphatic hydroxyl groups is 1. The van der Waals surface area contributed by atoms with Gasteiger partial charge in [-0.25, -0.2) is 13.1 Å². The molecule has 1 heterocycles. The fourth-order valence-electron chi connectivity index (χ4n) is 2.38. The number of fused-ring (bicyclic) bond motifs is 1. The van der Waals surface area contributed by atoms with Gasteiger partial charge in [0.1, 0.15) is 22.3 Å². The number of nitrogens with one attached hydrogen (secondary N) is 1. The molecule has 0 aliphatic carbocycles. The third-order valence-electron chi connectivity index (χ3n) is 3.61. The van der Waals surface area contributed by atoms with Crippen molar-refractivity contribution in [3.05, 3.63) is 65.4 Å². The number of benzene rings is 2. The number of para-hydroxylation sites is 1. The van der Waals surface area contributed by atoms with Gasteiger partial charge < -0.3 is 9.52 Å². The summed E-state index contributed by atoms with van der Waals surface area (Å²) in [7, 11) is -3.72. The molecule has 2 N–H and O–H groups in total. The number of furan rings is 1. The Labute approximate surface area is 144 Å². The largest absolute Gasteiger partial charge is 0.458 e. The highest BCUT2D eigenvalue weighted by atomic mass is 35.5. The van der Waals surface area contributed by atoms with Crippen molar-refractivity contribution in [2.75, 3.05) is 6.54 Å². The highest BCUT2D eigenvalue weighted by Gasteiger charge is 2.19. The van der Waals surface area contributed by atoms with Crippen LogP contribution in [0.1, 0.15) is 18.3 Å². The lowest BCUT2D eigenvalue weighted by Gasteiger charge is -2.10. The fourth-order valence-corrected chi connectivity index (χ4v) is 3.94. The Hall–Kier alpha value is -1.86. The van der Waals surface area contributed by atoms with E-state index in [2.05, 4.69) is 4.72 Å². The molecule has 0 saturated carbocycles. The van der Waals surface area contributed by atoms with Gasteiger partial charge in [0.15, 0.2) is 0 Å². The second kappa shape index (κ2) is 6.94. The highest BCUT2D eigenvalue weighted by Crippen LogP contribution is 2.25. The van der Waals surface area contributed by atoms with Crippen molar-refractivity contribution in [3.63, 3.8) is 0 Å². The van der Waals surface area contributed by atoms with Crippen LogP contribution in [0.3, 0.4) is 0 Å². The predicted molar refractivity (Wildman–Crippen MR) is 92.4 cm³/mol. The lowest BCUT2D eigenvalue weighted by molar-refractivity contribution is 0.144. The summed E-state index contributed by atoms with van der Waals surface area (Å²) in [6.45, 7) is 0.0613. The number of rotatable bonds is 6. The standard InChI is InChI=1S/C17H16ClNO4S/c18-13-6-2-4-8-17(13)24(21,22)19-10-9-14(20)16-11-12-5-1-3-7-15(12)23-16/h1-8,11,14,19-20H,9-10H2/t14-/m1/s1. The molecule has 0 fully saturated rings. The molecule has 1 aromatic heterocycles. The second-order valence-electron chi connectivity index (χ2n) is 5.32. The number of hydrogen-bond acceptors (Lipinski definition) is 4. The molecule has 0 saturated heterocycles. The maximum Gasteiger partial charge on any atom is 0.242 e. The molecule has 3 aromatic rings. The summed E-state index contributed by atoms with van der Waals surface area (Å²) in [4.78, 5) is 0.0184. The van der Waals surface area contributed by atoms with Crippen LogP contribution in [-0.4, -0.2) is 20.1 Å². The monoisotopic (exact) mass is 365 g/mol. The zero-order valence-corrected chi connectivity index (χ0v) is 14.2. The minimum absolute atomic E-state index is 0.0184. The molecule has 126 valence electrons. The molecule has 0 amide bonds. The first kappa shape index (κ1) is 17.0. The first-order valence-corrected chi connectivity index (χ1v) is 9.24. The van der Waals surface area contributed by atoms with Crippen molar-refractivity contribution in [2.24, 2.45) is 0 Å². The first-order valence-electron chi connectivity index (χ1n) is 7.38. The maximum absolute atomic E-state index is 12.2. The Bertz CT molecular complexity index is 919. The van der Waals surface area contributed by atoms with Crippen molar-refractivity contribution in [3.8, 4) is 0 Å². The van der Waals surface area contributed by atoms with Gasteiger partial charge in [0.2, 0.25) is 10.0 Å². The Morgan fingerprint density at radius 3 is 2.58 bits per heavy atom. The lowest BCUT2D eigenvalue weighted by atomic mass is 10.2. The van der Waals surface area contributed by atoms with Gasteiger partial charge in [0.25, 0.3) is 0 Å². The van der Waals surface area contributed by atoms with Crippen LogP contribution in [0, 0.1) is 0 Å². The average Bonchev–Trinajstić information content (AvgIpc) is 2.99. The number of hydrogen-bond donors (Lipinski definition) is 2. The second-order valence-corrected chi connectivity index (χ2v) is 7.46. The van der Waals surface area contributed by atoms with Crippen LogP contribution < -0.4 is 4.72 Å². The molecule has 0 aliphatic heterocycles. The average molecular weight is 366 g/mol. The van der Waals surface area contributed by atoms with Crippen LogP contribution in [0.5, 0.6) is 0 Å². The number of sulfonamides is 1. The molecular formula is C17H16ClNO4S. The van der Waals surface area contributed by atoms with Crippen molar-refractivity contribution >= 4 is 32.6 Å². The normalized spacial score (nSPS) is 13.2. The van der Waals surface area contributed by atoms with E-state index in [1.54, 1.807) is 18.2 Å². The van der Waals surface area contributed by atoms with Gasteiger partial charge in [-0.05, 0) is 30.7 Å². The minimum Gasteiger partial charge on any atom is -0.458 e. The Morgan fingerprint density at radius 2 is 1.83 bits per heavy atom. The smallest absolute Gasteiger partial charge is 0.242 e. The van der Waals surface area contributed by atoms with Crippen LogP contribution in [0.4, 0.5) is 0 Å². The van der Waals surface area contributed by atoms with Crippen LogP contribution >= 0.6 is 11.6 Å². The predicted octanol–water partition coefficient (Wildman–Crippen LogP) is 3.49. The van der Waals surface area contributed by atoms with E-state index in [1.807, 2.05) is 24.3 Å². The summed E-state index contributed by atoms with van der Waals surface area (Å²) < 4.78 is 32.4. The molecule has 0 aliphatic rings. The molecule has 1 atom stereocenters. The molecule has 0 bridgehead atoms. The molecule has 24 heavy (non-hydrogen) atoms. The van der Waals surface area contributed by atoms with Crippen molar-refractivity contribution in [1.29, 1.82) is 0 Å². The van der Waals surface area contributed by atoms with E-state index in [9.17, 15) is 13.5 Å². The van der Waals surface area contributed by atoms with Crippen LogP contribution in [0.2, 0.25) is 5.02 Å². The molecule has 7 heteroatoms. The minimum atomic E-state index is -3.72. The number of aliphatic hydroxyl groups excluding tert-OH is 1. The van der Waals surface area contributed by atoms with Crippen LogP contribution in [-0.2, 0) is 10.0 Å². The van der Waals surface area contributed by atoms with Crippen molar-refractivity contribution in [1.82, 2.24) is 4.72 Å². The molecule has 3 rings (SSSR count). The van der Waals surface area contributed by atoms with Crippen molar-refractivity contribution < 1.29 is 17.9 Å². The summed E-state index contributed by atoms with van der Waals surface area (Å²) in [6, 6.07) is 15.4. The first-order chi connectivity index (χ1) is 11.5. The Morgan fingerprint density at radius 1 is 1.12 bits per heavy atom. The van der Waals surface area contributed by atoms with Gasteiger partial charge in [-0.2, -0.15) is 0 Å². The Balaban J connectivity index is 1.64. The van der Waals surface area contributed by atoms with E-state index >= 15 is 0 Å². The van der Waals surface area contributed by atoms with E-state index in [0.29, 0.717) is 11.3 Å². The maximum atomic E-state index is 12.2.